The van der Waals surface area contributed by atoms with Crippen molar-refractivity contribution in [3.63, 3.8) is 0 Å². The molecule has 0 rings (SSSR count). The number of carboxylic acids is 2. The zero-order valence-corrected chi connectivity index (χ0v) is 9.97. The van der Waals surface area contributed by atoms with Gasteiger partial charge in [0.2, 0.25) is 0 Å². The van der Waals surface area contributed by atoms with Crippen molar-refractivity contribution in [2.24, 2.45) is 0 Å². The molecule has 5 heteroatoms. The summed E-state index contributed by atoms with van der Waals surface area (Å²) in [6.07, 6.45) is 2.73. The van der Waals surface area contributed by atoms with Gasteiger partial charge >= 0.3 is 11.9 Å². The van der Waals surface area contributed by atoms with Gasteiger partial charge in [-0.3, -0.25) is 9.59 Å². The average Bonchev–Trinajstić information content (AvgIpc) is 2.18. The largest absolute Gasteiger partial charge is 0.481 e. The van der Waals surface area contributed by atoms with E-state index in [0.717, 1.165) is 24.6 Å². The Morgan fingerprint density at radius 3 is 2.20 bits per heavy atom. The highest BCUT2D eigenvalue weighted by Crippen LogP contribution is 2.34. The number of aliphatic carboxylic acids is 2. The number of hydrogen-bond donors (Lipinski definition) is 2. The summed E-state index contributed by atoms with van der Waals surface area (Å²) in [5.41, 5.74) is 0. The van der Waals surface area contributed by atoms with E-state index in [1.54, 1.807) is 6.92 Å². The monoisotopic (exact) mass is 234 g/mol. The summed E-state index contributed by atoms with van der Waals surface area (Å²) in [6.45, 7) is 3.78. The molecule has 0 aromatic carbocycles. The number of unbranched alkanes of at least 4 members (excludes halogenated alkanes) is 1. The van der Waals surface area contributed by atoms with Crippen LogP contribution in [-0.4, -0.2) is 32.7 Å². The van der Waals surface area contributed by atoms with Crippen LogP contribution in [0.1, 0.15) is 39.5 Å². The van der Waals surface area contributed by atoms with Crippen molar-refractivity contribution in [1.29, 1.82) is 0 Å². The maximum Gasteiger partial charge on any atom is 0.319 e. The predicted octanol–water partition coefficient (Wildman–Crippen LogP) is 2.23. The zero-order valence-electron chi connectivity index (χ0n) is 9.15. The van der Waals surface area contributed by atoms with E-state index in [4.69, 9.17) is 10.2 Å². The molecule has 0 saturated heterocycles. The van der Waals surface area contributed by atoms with Gasteiger partial charge in [0.15, 0.2) is 0 Å². The van der Waals surface area contributed by atoms with Gasteiger partial charge in [-0.1, -0.05) is 26.7 Å². The number of rotatable bonds is 8. The highest BCUT2D eigenvalue weighted by atomic mass is 32.2. The van der Waals surface area contributed by atoms with Crippen LogP contribution >= 0.6 is 11.8 Å². The molecule has 0 radical (unpaired) electrons. The second kappa shape index (κ2) is 6.71. The van der Waals surface area contributed by atoms with Crippen molar-refractivity contribution in [3.05, 3.63) is 0 Å². The number of hydrogen-bond acceptors (Lipinski definition) is 3. The summed E-state index contributed by atoms with van der Waals surface area (Å²) in [6, 6.07) is 0. The molecule has 0 heterocycles. The minimum absolute atomic E-state index is 0.149. The molecule has 0 aromatic heterocycles. The summed E-state index contributed by atoms with van der Waals surface area (Å²) in [5.74, 6) is -2.01. The molecule has 0 saturated carbocycles. The van der Waals surface area contributed by atoms with Crippen LogP contribution < -0.4 is 0 Å². The van der Waals surface area contributed by atoms with E-state index in [1.165, 1.54) is 0 Å². The van der Waals surface area contributed by atoms with E-state index >= 15 is 0 Å². The first-order valence-electron chi connectivity index (χ1n) is 5.07. The van der Waals surface area contributed by atoms with E-state index in [-0.39, 0.29) is 5.75 Å². The molecule has 2 N–H and O–H groups in total. The number of carbonyl (C=O) groups is 2. The minimum Gasteiger partial charge on any atom is -0.481 e. The maximum atomic E-state index is 11.2. The normalized spacial score (nSPS) is 14.5. The first-order valence-corrected chi connectivity index (χ1v) is 6.06. The SMILES string of the molecule is CCCC[C@](CC)(SCC(=O)O)C(=O)O. The molecule has 0 aliphatic rings. The van der Waals surface area contributed by atoms with Crippen LogP contribution in [0.2, 0.25) is 0 Å². The summed E-state index contributed by atoms with van der Waals surface area (Å²) in [4.78, 5) is 21.6. The Labute approximate surface area is 94.1 Å². The molecule has 0 unspecified atom stereocenters. The van der Waals surface area contributed by atoms with Crippen LogP contribution in [0.4, 0.5) is 0 Å². The van der Waals surface area contributed by atoms with Crippen LogP contribution in [0, 0.1) is 0 Å². The Morgan fingerprint density at radius 1 is 1.27 bits per heavy atom. The van der Waals surface area contributed by atoms with Gasteiger partial charge in [0, 0.05) is 0 Å². The zero-order chi connectivity index (χ0) is 11.9. The fourth-order valence-corrected chi connectivity index (χ4v) is 2.35. The quantitative estimate of drug-likeness (QED) is 0.673. The highest BCUT2D eigenvalue weighted by molar-refractivity contribution is 8.02. The van der Waals surface area contributed by atoms with Crippen molar-refractivity contribution < 1.29 is 19.8 Å². The van der Waals surface area contributed by atoms with Crippen molar-refractivity contribution in [3.8, 4) is 0 Å². The molecule has 0 bridgehead atoms. The standard InChI is InChI=1S/C10H18O4S/c1-3-5-6-10(4-2,9(13)14)15-7-8(11)12/h3-7H2,1-2H3,(H,11,12)(H,13,14)/t10-/m0/s1. The van der Waals surface area contributed by atoms with Gasteiger partial charge in [-0.25, -0.2) is 0 Å². The van der Waals surface area contributed by atoms with E-state index in [9.17, 15) is 9.59 Å². The molecule has 0 fully saturated rings. The third-order valence-corrected chi connectivity index (χ3v) is 3.98. The third kappa shape index (κ3) is 4.55. The number of carboxylic acid groups (broad SMARTS) is 2. The molecule has 88 valence electrons. The molecule has 0 amide bonds. The van der Waals surface area contributed by atoms with Gasteiger partial charge in [-0.2, -0.15) is 0 Å². The lowest BCUT2D eigenvalue weighted by molar-refractivity contribution is -0.140. The summed E-state index contributed by atoms with van der Waals surface area (Å²) >= 11 is 1.03. The van der Waals surface area contributed by atoms with Crippen LogP contribution in [0.3, 0.4) is 0 Å². The second-order valence-corrected chi connectivity index (χ2v) is 4.80. The van der Waals surface area contributed by atoms with Crippen LogP contribution in [0.5, 0.6) is 0 Å². The first kappa shape index (κ1) is 14.3. The summed E-state index contributed by atoms with van der Waals surface area (Å²) < 4.78 is -0.922. The molecule has 0 spiro atoms. The summed E-state index contributed by atoms with van der Waals surface area (Å²) in [5, 5.41) is 17.7. The van der Waals surface area contributed by atoms with Crippen LogP contribution in [0.25, 0.3) is 0 Å². The number of thioether (sulfide) groups is 1. The van der Waals surface area contributed by atoms with Crippen LogP contribution in [-0.2, 0) is 9.59 Å². The Hall–Kier alpha value is -0.710. The van der Waals surface area contributed by atoms with Crippen molar-refractivity contribution in [2.45, 2.75) is 44.3 Å². The van der Waals surface area contributed by atoms with Gasteiger partial charge < -0.3 is 10.2 Å². The molecule has 1 atom stereocenters. The second-order valence-electron chi connectivity index (χ2n) is 3.44. The Bertz CT molecular complexity index is 229. The average molecular weight is 234 g/mol. The van der Waals surface area contributed by atoms with Gasteiger partial charge in [0.25, 0.3) is 0 Å². The smallest absolute Gasteiger partial charge is 0.319 e. The molecular weight excluding hydrogens is 216 g/mol. The van der Waals surface area contributed by atoms with Gasteiger partial charge in [0.05, 0.1) is 5.75 Å². The Balaban J connectivity index is 4.50. The molecule has 0 aliphatic heterocycles. The fourth-order valence-electron chi connectivity index (χ4n) is 1.33. The van der Waals surface area contributed by atoms with Gasteiger partial charge in [-0.05, 0) is 12.8 Å². The highest BCUT2D eigenvalue weighted by Gasteiger charge is 2.37. The van der Waals surface area contributed by atoms with Gasteiger partial charge in [0.1, 0.15) is 4.75 Å². The lowest BCUT2D eigenvalue weighted by Crippen LogP contribution is -2.35. The molecule has 0 aromatic rings. The summed E-state index contributed by atoms with van der Waals surface area (Å²) in [7, 11) is 0. The van der Waals surface area contributed by atoms with E-state index < -0.39 is 16.7 Å². The topological polar surface area (TPSA) is 74.6 Å². The lowest BCUT2D eigenvalue weighted by atomic mass is 9.98. The predicted molar refractivity (Wildman–Crippen MR) is 60.3 cm³/mol. The van der Waals surface area contributed by atoms with Crippen molar-refractivity contribution in [1.82, 2.24) is 0 Å². The maximum absolute atomic E-state index is 11.2. The van der Waals surface area contributed by atoms with Crippen molar-refractivity contribution >= 4 is 23.7 Å². The molecule has 4 nitrogen and oxygen atoms in total. The third-order valence-electron chi connectivity index (χ3n) is 2.37. The van der Waals surface area contributed by atoms with E-state index in [0.29, 0.717) is 12.8 Å². The Morgan fingerprint density at radius 2 is 1.87 bits per heavy atom. The first-order chi connectivity index (χ1) is 6.98. The lowest BCUT2D eigenvalue weighted by Gasteiger charge is -2.26. The fraction of sp³-hybridized carbons (Fsp3) is 0.800. The molecule has 0 aliphatic carbocycles. The van der Waals surface area contributed by atoms with E-state index in [2.05, 4.69) is 0 Å². The van der Waals surface area contributed by atoms with Gasteiger partial charge in [-0.15, -0.1) is 11.8 Å². The molecular formula is C10H18O4S. The van der Waals surface area contributed by atoms with Crippen molar-refractivity contribution in [2.75, 3.05) is 5.75 Å². The van der Waals surface area contributed by atoms with Crippen LogP contribution in [0.15, 0.2) is 0 Å². The minimum atomic E-state index is -0.962. The Kier molecular flexibility index (Phi) is 6.40. The van der Waals surface area contributed by atoms with E-state index in [1.807, 2.05) is 6.92 Å². The molecule has 15 heavy (non-hydrogen) atoms.